The third kappa shape index (κ3) is 2.02. The third-order valence-corrected chi connectivity index (χ3v) is 1.01. The summed E-state index contributed by atoms with van der Waals surface area (Å²) in [5.74, 6) is 4.92. The van der Waals surface area contributed by atoms with Gasteiger partial charge in [-0.25, -0.2) is 5.53 Å². The molecule has 0 aliphatic heterocycles. The van der Waals surface area contributed by atoms with E-state index < -0.39 is 0 Å². The standard InChI is InChI=1S/C6H9N4/c7-9-10-8-6-4-2-1-3-5-6/h1-5,9-10H,7H2/q-1. The number of benzene rings is 1. The minimum absolute atomic E-state index is 0.834. The Morgan fingerprint density at radius 3 is 2.50 bits per heavy atom. The summed E-state index contributed by atoms with van der Waals surface area (Å²) in [4.78, 5) is 0. The van der Waals surface area contributed by atoms with Crippen molar-refractivity contribution in [2.75, 3.05) is 0 Å². The topological polar surface area (TPSA) is 64.2 Å². The molecule has 0 amide bonds. The zero-order valence-corrected chi connectivity index (χ0v) is 5.41. The van der Waals surface area contributed by atoms with Crippen molar-refractivity contribution in [3.63, 3.8) is 0 Å². The maximum atomic E-state index is 4.92. The lowest BCUT2D eigenvalue weighted by atomic mass is 10.3. The molecular weight excluding hydrogens is 128 g/mol. The molecule has 0 heterocycles. The Kier molecular flexibility index (Phi) is 2.69. The van der Waals surface area contributed by atoms with Crippen LogP contribution in [0.5, 0.6) is 0 Å². The smallest absolute Gasteiger partial charge is 0.0624 e. The van der Waals surface area contributed by atoms with E-state index in [2.05, 4.69) is 16.5 Å². The van der Waals surface area contributed by atoms with Crippen molar-refractivity contribution in [2.45, 2.75) is 0 Å². The predicted molar refractivity (Wildman–Crippen MR) is 39.9 cm³/mol. The first-order valence-electron chi connectivity index (χ1n) is 2.90. The van der Waals surface area contributed by atoms with Gasteiger partial charge >= 0.3 is 0 Å². The van der Waals surface area contributed by atoms with Gasteiger partial charge in [-0.2, -0.15) is 0 Å². The number of hydrazine groups is 2. The summed E-state index contributed by atoms with van der Waals surface area (Å²) in [6, 6.07) is 9.46. The molecule has 0 saturated carbocycles. The number of hydrogen-bond acceptors (Lipinski definition) is 3. The van der Waals surface area contributed by atoms with Crippen molar-refractivity contribution in [3.05, 3.63) is 35.8 Å². The maximum Gasteiger partial charge on any atom is -0.0624 e. The fourth-order valence-corrected chi connectivity index (χ4v) is 0.599. The molecule has 1 aromatic rings. The van der Waals surface area contributed by atoms with Crippen molar-refractivity contribution >= 4 is 5.69 Å². The summed E-state index contributed by atoms with van der Waals surface area (Å²) in [5, 5.41) is 0. The number of hydrogen-bond donors (Lipinski definition) is 3. The Balaban J connectivity index is 2.43. The highest BCUT2D eigenvalue weighted by Crippen LogP contribution is 2.11. The fraction of sp³-hybridized carbons (Fsp3) is 0. The molecule has 0 spiro atoms. The molecule has 0 aliphatic carbocycles. The van der Waals surface area contributed by atoms with E-state index >= 15 is 0 Å². The summed E-state index contributed by atoms with van der Waals surface area (Å²) in [6.07, 6.45) is 0. The molecule has 0 aromatic heterocycles. The Morgan fingerprint density at radius 1 is 1.20 bits per heavy atom. The summed E-state index contributed by atoms with van der Waals surface area (Å²) >= 11 is 0. The Morgan fingerprint density at radius 2 is 1.90 bits per heavy atom. The highest BCUT2D eigenvalue weighted by Gasteiger charge is 1.71. The molecule has 0 fully saturated rings. The predicted octanol–water partition coefficient (Wildman–Crippen LogP) is 0.575. The van der Waals surface area contributed by atoms with Crippen LogP contribution in [-0.2, 0) is 0 Å². The van der Waals surface area contributed by atoms with Gasteiger partial charge in [0.1, 0.15) is 0 Å². The molecule has 0 aliphatic rings. The third-order valence-electron chi connectivity index (χ3n) is 1.01. The molecule has 4 N–H and O–H groups in total. The van der Waals surface area contributed by atoms with Crippen LogP contribution in [0.15, 0.2) is 30.3 Å². The van der Waals surface area contributed by atoms with E-state index in [0.29, 0.717) is 0 Å². The number of nitrogens with two attached hydrogens (primary N) is 1. The zero-order valence-electron chi connectivity index (χ0n) is 5.41. The molecule has 54 valence electrons. The molecule has 1 rings (SSSR count). The molecular formula is C6H9N4-. The number of nitrogens with one attached hydrogen (secondary N) is 2. The van der Waals surface area contributed by atoms with E-state index in [1.807, 2.05) is 30.3 Å². The average Bonchev–Trinajstić information content (AvgIpc) is 2.03. The zero-order chi connectivity index (χ0) is 7.23. The fourth-order valence-electron chi connectivity index (χ4n) is 0.599. The van der Waals surface area contributed by atoms with Crippen molar-refractivity contribution < 1.29 is 0 Å². The van der Waals surface area contributed by atoms with Gasteiger partial charge in [0.25, 0.3) is 0 Å². The molecule has 0 atom stereocenters. The van der Waals surface area contributed by atoms with Gasteiger partial charge in [-0.3, -0.25) is 5.84 Å². The summed E-state index contributed by atoms with van der Waals surface area (Å²) in [5.41, 5.74) is 9.29. The SMILES string of the molecule is NNN[N-]c1ccccc1. The van der Waals surface area contributed by atoms with Crippen LogP contribution in [0.1, 0.15) is 0 Å². The lowest BCUT2D eigenvalue weighted by Gasteiger charge is -2.21. The first kappa shape index (κ1) is 7.01. The minimum atomic E-state index is 0.834. The van der Waals surface area contributed by atoms with Crippen molar-refractivity contribution in [1.29, 1.82) is 0 Å². The van der Waals surface area contributed by atoms with Crippen LogP contribution in [0.2, 0.25) is 0 Å². The Labute approximate surface area is 59.3 Å². The van der Waals surface area contributed by atoms with E-state index in [4.69, 9.17) is 5.84 Å². The first-order chi connectivity index (χ1) is 4.93. The quantitative estimate of drug-likeness (QED) is 0.421. The van der Waals surface area contributed by atoms with Crippen LogP contribution in [0, 0.1) is 0 Å². The Hall–Kier alpha value is -1.10. The molecule has 10 heavy (non-hydrogen) atoms. The summed E-state index contributed by atoms with van der Waals surface area (Å²) in [7, 11) is 0. The molecule has 0 radical (unpaired) electrons. The van der Waals surface area contributed by atoms with E-state index in [9.17, 15) is 0 Å². The van der Waals surface area contributed by atoms with Gasteiger partial charge in [-0.1, -0.05) is 30.3 Å². The van der Waals surface area contributed by atoms with Gasteiger partial charge in [0.15, 0.2) is 0 Å². The second-order valence-electron chi connectivity index (χ2n) is 1.70. The van der Waals surface area contributed by atoms with Crippen LogP contribution in [0.3, 0.4) is 0 Å². The summed E-state index contributed by atoms with van der Waals surface area (Å²) < 4.78 is 0. The van der Waals surface area contributed by atoms with E-state index in [0.717, 1.165) is 5.69 Å². The number of para-hydroxylation sites is 1. The largest absolute Gasteiger partial charge is 0.608 e. The van der Waals surface area contributed by atoms with E-state index in [-0.39, 0.29) is 0 Å². The molecule has 0 bridgehead atoms. The van der Waals surface area contributed by atoms with Crippen LogP contribution < -0.4 is 16.9 Å². The monoisotopic (exact) mass is 137 g/mol. The summed E-state index contributed by atoms with van der Waals surface area (Å²) in [6.45, 7) is 0. The molecule has 0 unspecified atom stereocenters. The lowest BCUT2D eigenvalue weighted by Crippen LogP contribution is -2.33. The van der Waals surface area contributed by atoms with Gasteiger partial charge in [0.05, 0.1) is 0 Å². The molecule has 1 aromatic carbocycles. The van der Waals surface area contributed by atoms with Crippen LogP contribution in [-0.4, -0.2) is 0 Å². The normalized spacial score (nSPS) is 9.30. The van der Waals surface area contributed by atoms with Crippen LogP contribution in [0.4, 0.5) is 5.69 Å². The van der Waals surface area contributed by atoms with Gasteiger partial charge in [-0.15, -0.1) is 5.69 Å². The molecule has 0 saturated heterocycles. The maximum absolute atomic E-state index is 4.92. The molecule has 4 nitrogen and oxygen atoms in total. The van der Waals surface area contributed by atoms with E-state index in [1.54, 1.807) is 0 Å². The first-order valence-corrected chi connectivity index (χ1v) is 2.90. The van der Waals surface area contributed by atoms with Gasteiger partial charge in [0, 0.05) is 0 Å². The van der Waals surface area contributed by atoms with Crippen molar-refractivity contribution in [3.8, 4) is 0 Å². The minimum Gasteiger partial charge on any atom is -0.608 e. The van der Waals surface area contributed by atoms with Gasteiger partial charge < -0.3 is 11.0 Å². The Bertz CT molecular complexity index is 174. The number of rotatable bonds is 3. The lowest BCUT2D eigenvalue weighted by molar-refractivity contribution is 0.648. The average molecular weight is 137 g/mol. The van der Waals surface area contributed by atoms with Crippen molar-refractivity contribution in [1.82, 2.24) is 11.1 Å². The number of nitrogens with zero attached hydrogens (tertiary/aromatic N) is 1. The molecule has 4 heteroatoms. The van der Waals surface area contributed by atoms with E-state index in [1.165, 1.54) is 0 Å². The second kappa shape index (κ2) is 3.84. The van der Waals surface area contributed by atoms with Gasteiger partial charge in [0.2, 0.25) is 0 Å². The highest BCUT2D eigenvalue weighted by atomic mass is 15.7. The van der Waals surface area contributed by atoms with Gasteiger partial charge in [-0.05, 0) is 0 Å². The van der Waals surface area contributed by atoms with Crippen molar-refractivity contribution in [2.24, 2.45) is 5.84 Å². The second-order valence-corrected chi connectivity index (χ2v) is 1.70. The van der Waals surface area contributed by atoms with Crippen LogP contribution in [0.25, 0.3) is 5.43 Å². The van der Waals surface area contributed by atoms with Crippen LogP contribution >= 0.6 is 0 Å². The highest BCUT2D eigenvalue weighted by molar-refractivity contribution is 5.45.